The molecule has 1 rings (SSSR count). The number of unbranched alkanes of at least 4 members (excludes halogenated alkanes) is 2. The van der Waals surface area contributed by atoms with Gasteiger partial charge in [0.25, 0.3) is 0 Å². The van der Waals surface area contributed by atoms with Gasteiger partial charge in [-0.25, -0.2) is 0 Å². The van der Waals surface area contributed by atoms with Crippen molar-refractivity contribution in [3.05, 3.63) is 35.9 Å². The summed E-state index contributed by atoms with van der Waals surface area (Å²) in [6, 6.07) is 9.45. The summed E-state index contributed by atoms with van der Waals surface area (Å²) in [5, 5.41) is 2.85. The van der Waals surface area contributed by atoms with Gasteiger partial charge in [-0.05, 0) is 18.4 Å². The van der Waals surface area contributed by atoms with Crippen molar-refractivity contribution in [2.75, 3.05) is 0 Å². The van der Waals surface area contributed by atoms with Gasteiger partial charge in [0.15, 0.2) is 5.78 Å². The zero-order valence-electron chi connectivity index (χ0n) is 12.5. The quantitative estimate of drug-likeness (QED) is 0.703. The Hall–Kier alpha value is -1.64. The Labute approximate surface area is 121 Å². The molecule has 20 heavy (non-hydrogen) atoms. The highest BCUT2D eigenvalue weighted by atomic mass is 16.2. The van der Waals surface area contributed by atoms with E-state index in [2.05, 4.69) is 12.2 Å². The van der Waals surface area contributed by atoms with Crippen LogP contribution in [0.5, 0.6) is 0 Å². The van der Waals surface area contributed by atoms with E-state index in [1.807, 2.05) is 30.3 Å². The number of hydrogen-bond donors (Lipinski definition) is 1. The molecule has 1 N–H and O–H groups in total. The Morgan fingerprint density at radius 3 is 2.40 bits per heavy atom. The monoisotopic (exact) mass is 275 g/mol. The molecule has 0 radical (unpaired) electrons. The summed E-state index contributed by atoms with van der Waals surface area (Å²) in [7, 11) is 0. The number of rotatable bonds is 9. The number of carbonyl (C=O) groups is 2. The predicted molar refractivity (Wildman–Crippen MR) is 81.5 cm³/mol. The fraction of sp³-hybridized carbons (Fsp3) is 0.529. The molecule has 0 aromatic heterocycles. The number of carbonyl (C=O) groups excluding carboxylic acids is 2. The third-order valence-electron chi connectivity index (χ3n) is 3.35. The normalized spacial score (nSPS) is 11.9. The van der Waals surface area contributed by atoms with Crippen molar-refractivity contribution in [2.45, 2.75) is 58.4 Å². The van der Waals surface area contributed by atoms with E-state index in [0.29, 0.717) is 19.3 Å². The smallest absolute Gasteiger partial charge is 0.220 e. The second kappa shape index (κ2) is 9.29. The molecule has 0 aliphatic heterocycles. The van der Waals surface area contributed by atoms with Crippen molar-refractivity contribution in [1.29, 1.82) is 0 Å². The van der Waals surface area contributed by atoms with Gasteiger partial charge >= 0.3 is 0 Å². The van der Waals surface area contributed by atoms with E-state index in [-0.39, 0.29) is 17.7 Å². The topological polar surface area (TPSA) is 46.2 Å². The maximum absolute atomic E-state index is 12.3. The van der Waals surface area contributed by atoms with E-state index in [4.69, 9.17) is 0 Å². The summed E-state index contributed by atoms with van der Waals surface area (Å²) in [5.74, 6) is 0.0823. The summed E-state index contributed by atoms with van der Waals surface area (Å²) < 4.78 is 0. The molecule has 1 atom stereocenters. The van der Waals surface area contributed by atoms with Crippen LogP contribution in [-0.2, 0) is 16.0 Å². The first kappa shape index (κ1) is 16.4. The van der Waals surface area contributed by atoms with Crippen LogP contribution in [-0.4, -0.2) is 17.7 Å². The highest BCUT2D eigenvalue weighted by Crippen LogP contribution is 2.08. The second-order valence-electron chi connectivity index (χ2n) is 5.09. The molecule has 0 heterocycles. The molecule has 0 aliphatic rings. The molecule has 0 fully saturated rings. The highest BCUT2D eigenvalue weighted by molar-refractivity contribution is 5.89. The summed E-state index contributed by atoms with van der Waals surface area (Å²) in [6.45, 7) is 3.92. The fourth-order valence-electron chi connectivity index (χ4n) is 2.12. The molecule has 1 aromatic carbocycles. The summed E-state index contributed by atoms with van der Waals surface area (Å²) in [5.41, 5.74) is 1.08. The predicted octanol–water partition coefficient (Wildman–Crippen LogP) is 3.27. The Kier molecular flexibility index (Phi) is 7.63. The lowest BCUT2D eigenvalue weighted by Crippen LogP contribution is -2.42. The molecule has 1 amide bonds. The van der Waals surface area contributed by atoms with Crippen molar-refractivity contribution in [2.24, 2.45) is 0 Å². The first-order chi connectivity index (χ1) is 9.67. The number of Topliss-reactive ketones (excluding diaryl/α,β-unsaturated/α-hetero) is 1. The number of nitrogens with one attached hydrogen (secondary N) is 1. The first-order valence-corrected chi connectivity index (χ1v) is 7.53. The largest absolute Gasteiger partial charge is 0.346 e. The molecule has 0 saturated carbocycles. The van der Waals surface area contributed by atoms with Gasteiger partial charge in [0.2, 0.25) is 5.91 Å². The van der Waals surface area contributed by atoms with Crippen LogP contribution < -0.4 is 5.32 Å². The number of benzene rings is 1. The number of amides is 1. The van der Waals surface area contributed by atoms with E-state index in [1.165, 1.54) is 0 Å². The molecular formula is C17H25NO2. The SMILES string of the molecule is CCCCCC(=O)[C@H](Cc1ccccc1)NC(=O)CC. The summed E-state index contributed by atoms with van der Waals surface area (Å²) >= 11 is 0. The van der Waals surface area contributed by atoms with E-state index in [1.54, 1.807) is 6.92 Å². The van der Waals surface area contributed by atoms with Crippen LogP contribution in [0.3, 0.4) is 0 Å². The molecule has 1 aromatic rings. The lowest BCUT2D eigenvalue weighted by atomic mass is 9.98. The van der Waals surface area contributed by atoms with Crippen molar-refractivity contribution in [3.63, 3.8) is 0 Å². The van der Waals surface area contributed by atoms with Crippen LogP contribution in [0.4, 0.5) is 0 Å². The van der Waals surface area contributed by atoms with E-state index in [0.717, 1.165) is 24.8 Å². The van der Waals surface area contributed by atoms with Gasteiger partial charge in [-0.15, -0.1) is 0 Å². The minimum absolute atomic E-state index is 0.0604. The third-order valence-corrected chi connectivity index (χ3v) is 3.35. The van der Waals surface area contributed by atoms with Gasteiger partial charge in [-0.1, -0.05) is 57.0 Å². The second-order valence-corrected chi connectivity index (χ2v) is 5.09. The van der Waals surface area contributed by atoms with Gasteiger partial charge in [-0.2, -0.15) is 0 Å². The standard InChI is InChI=1S/C17H25NO2/c1-3-5-7-12-16(19)15(18-17(20)4-2)13-14-10-8-6-9-11-14/h6,8-11,15H,3-5,7,12-13H2,1-2H3,(H,18,20)/t15-/m0/s1. The first-order valence-electron chi connectivity index (χ1n) is 7.53. The third kappa shape index (κ3) is 6.00. The molecule has 3 nitrogen and oxygen atoms in total. The lowest BCUT2D eigenvalue weighted by Gasteiger charge is -2.17. The van der Waals surface area contributed by atoms with Gasteiger partial charge in [-0.3, -0.25) is 9.59 Å². The highest BCUT2D eigenvalue weighted by Gasteiger charge is 2.19. The van der Waals surface area contributed by atoms with Gasteiger partial charge in [0.05, 0.1) is 6.04 Å². The average Bonchev–Trinajstić information content (AvgIpc) is 2.47. The maximum atomic E-state index is 12.3. The fourth-order valence-corrected chi connectivity index (χ4v) is 2.12. The zero-order chi connectivity index (χ0) is 14.8. The van der Waals surface area contributed by atoms with Gasteiger partial charge in [0, 0.05) is 12.8 Å². The number of hydrogen-bond acceptors (Lipinski definition) is 2. The maximum Gasteiger partial charge on any atom is 0.220 e. The van der Waals surface area contributed by atoms with Gasteiger partial charge < -0.3 is 5.32 Å². The Bertz CT molecular complexity index is 414. The molecule has 3 heteroatoms. The minimum Gasteiger partial charge on any atom is -0.346 e. The summed E-state index contributed by atoms with van der Waals surface area (Å²) in [6.07, 6.45) is 4.60. The van der Waals surface area contributed by atoms with Crippen LogP contribution in [0.1, 0.15) is 51.5 Å². The van der Waals surface area contributed by atoms with Crippen molar-refractivity contribution < 1.29 is 9.59 Å². The van der Waals surface area contributed by atoms with Crippen LogP contribution >= 0.6 is 0 Å². The molecule has 0 aliphatic carbocycles. The Morgan fingerprint density at radius 1 is 1.10 bits per heavy atom. The zero-order valence-corrected chi connectivity index (χ0v) is 12.5. The molecule has 0 saturated heterocycles. The molecule has 0 bridgehead atoms. The Morgan fingerprint density at radius 2 is 1.80 bits per heavy atom. The van der Waals surface area contributed by atoms with Crippen molar-refractivity contribution >= 4 is 11.7 Å². The molecular weight excluding hydrogens is 250 g/mol. The van der Waals surface area contributed by atoms with Crippen LogP contribution in [0, 0.1) is 0 Å². The van der Waals surface area contributed by atoms with Crippen LogP contribution in [0.2, 0.25) is 0 Å². The lowest BCUT2D eigenvalue weighted by molar-refractivity contribution is -0.127. The van der Waals surface area contributed by atoms with E-state index < -0.39 is 0 Å². The van der Waals surface area contributed by atoms with Crippen LogP contribution in [0.25, 0.3) is 0 Å². The minimum atomic E-state index is -0.387. The molecule has 0 unspecified atom stereocenters. The molecule has 0 spiro atoms. The summed E-state index contributed by atoms with van der Waals surface area (Å²) in [4.78, 5) is 23.8. The number of ketones is 1. The van der Waals surface area contributed by atoms with E-state index >= 15 is 0 Å². The average molecular weight is 275 g/mol. The van der Waals surface area contributed by atoms with E-state index in [9.17, 15) is 9.59 Å². The van der Waals surface area contributed by atoms with Crippen LogP contribution in [0.15, 0.2) is 30.3 Å². The Balaban J connectivity index is 2.64. The van der Waals surface area contributed by atoms with Gasteiger partial charge in [0.1, 0.15) is 0 Å². The molecule has 110 valence electrons. The van der Waals surface area contributed by atoms with Crippen molar-refractivity contribution in [3.8, 4) is 0 Å². The van der Waals surface area contributed by atoms with Crippen molar-refractivity contribution in [1.82, 2.24) is 5.32 Å².